The summed E-state index contributed by atoms with van der Waals surface area (Å²) in [4.78, 5) is 101. The molecule has 3 aliphatic rings. The predicted octanol–water partition coefficient (Wildman–Crippen LogP) is 2.71. The Labute approximate surface area is 558 Å². The number of carbonyl (C=O) groups is 4. The van der Waals surface area contributed by atoms with Gasteiger partial charge in [0.05, 0.1) is 81.7 Å². The molecule has 1 aliphatic carbocycles. The number of phosphoric acid groups is 3. The highest BCUT2D eigenvalue weighted by Crippen LogP contribution is 2.66. The Morgan fingerprint density at radius 2 is 1.47 bits per heavy atom. The molecule has 1 saturated heterocycles. The summed E-state index contributed by atoms with van der Waals surface area (Å²) in [6.07, 6.45) is -2.43. The number of alkyl carbamates (subject to hydrolysis) is 2. The van der Waals surface area contributed by atoms with Crippen LogP contribution in [0.1, 0.15) is 65.6 Å². The Morgan fingerprint density at radius 3 is 2.13 bits per heavy atom. The number of ether oxygens (including phenoxy) is 7. The zero-order valence-electron chi connectivity index (χ0n) is 50.8. The van der Waals surface area contributed by atoms with Crippen molar-refractivity contribution in [2.24, 2.45) is 5.73 Å². The summed E-state index contributed by atoms with van der Waals surface area (Å²) in [5, 5.41) is 25.1. The maximum atomic E-state index is 13.4. The van der Waals surface area contributed by atoms with E-state index in [9.17, 15) is 78.5 Å². The Morgan fingerprint density at radius 1 is 0.814 bits per heavy atom. The van der Waals surface area contributed by atoms with Crippen molar-refractivity contribution < 1.29 is 134 Å². The normalized spacial score (nSPS) is 16.3. The zero-order valence-corrected chi connectivity index (χ0v) is 56.7. The fourth-order valence-electron chi connectivity index (χ4n) is 8.62. The summed E-state index contributed by atoms with van der Waals surface area (Å²) in [7, 11) is -24.4. The van der Waals surface area contributed by atoms with Crippen LogP contribution in [0, 0.1) is 17.3 Å². The fourth-order valence-corrected chi connectivity index (χ4v) is 15.4. The number of amides is 3. The molecule has 3 amide bonds. The Bertz CT molecular complexity index is 4240. The van der Waals surface area contributed by atoms with Crippen molar-refractivity contribution >= 4 is 112 Å². The fraction of sp³-hybridized carbons (Fsp3) is 0.431. The number of anilines is 2. The van der Waals surface area contributed by atoms with Gasteiger partial charge in [0, 0.05) is 52.7 Å². The average Bonchev–Trinajstić information content (AvgIpc) is 0.723. The van der Waals surface area contributed by atoms with Gasteiger partial charge >= 0.3 is 47.3 Å². The highest BCUT2D eigenvalue weighted by molar-refractivity contribution is 8.77. The van der Waals surface area contributed by atoms with E-state index < -0.39 is 143 Å². The van der Waals surface area contributed by atoms with Crippen LogP contribution in [0.4, 0.5) is 21.1 Å². The number of carboxylic acid groups (broad SMARTS) is 1. The average molecular weight is 1510 g/mol. The molecule has 46 heteroatoms. The lowest BCUT2D eigenvalue weighted by molar-refractivity contribution is -0.280. The number of benzene rings is 3. The van der Waals surface area contributed by atoms with E-state index in [1.54, 1.807) is 0 Å². The molecule has 6 rings (SSSR count). The molecule has 97 heavy (non-hydrogen) atoms. The minimum Gasteiger partial charge on any atom is -0.478 e. The standard InChI is InChI=1S/C51H66N9O30P3S4/c1-51(2,95-94-28-82-17-3-4-18-83-49(65)57-14-5-6-30-25-60(48(64)59-44(30)55)46-41(85-27-52)37(87-46)26-86-92(70,71)90-93(72,73)89-91(67,68)69)13-19-84-50(66)58-16-21-81-23-22-80-20-15-56-45(61)29-7-8-31(47(62)63)34(24-29)38-32-9-11-35(53)42(96(74,75)76)39(32)88-40-33(38)10-12-36(54)43(40)97(77,78)79/h7-12,24-25,37,41,46,53H,3-4,13-23,26-28,52,54H2,1-2H3,(H,56,61)(H,57,65)(H,58,66)(H,62,63)(H,70,71)(H,72,73)(H2,55,59,64)(H2,67,68,69)(H,74,75,76)(H,77,78,79). The van der Waals surface area contributed by atoms with Gasteiger partial charge in [-0.05, 0) is 81.1 Å². The van der Waals surface area contributed by atoms with E-state index >= 15 is 0 Å². The minimum absolute atomic E-state index is 0.00233. The van der Waals surface area contributed by atoms with Crippen molar-refractivity contribution in [1.29, 1.82) is 5.41 Å². The smallest absolute Gasteiger partial charge is 0.478 e. The third-order valence-electron chi connectivity index (χ3n) is 12.9. The molecule has 0 spiro atoms. The Balaban J connectivity index is 0.802. The van der Waals surface area contributed by atoms with Crippen LogP contribution in [0.5, 0.6) is 0 Å². The van der Waals surface area contributed by atoms with Crippen LogP contribution in [0.3, 0.4) is 0 Å². The number of fused-ring (bicyclic) bond motifs is 2. The highest BCUT2D eigenvalue weighted by atomic mass is 33.1. The maximum absolute atomic E-state index is 13.4. The monoisotopic (exact) mass is 1510 g/mol. The molecule has 5 unspecified atom stereocenters. The van der Waals surface area contributed by atoms with Crippen molar-refractivity contribution in [3.63, 3.8) is 0 Å². The van der Waals surface area contributed by atoms with Crippen LogP contribution in [-0.2, 0) is 80.2 Å². The SMILES string of the molecule is CC(C)(CCOC(=O)NCCOCCOCCNC(=O)c1ccc(C(=O)O)c(-c2c3ccc(=N)c(S(=O)(=O)O)c-3oc3c(S(=O)(=O)O)c(N)ccc23)c1)SSCOCCCCOC(=O)NCC#Cc1cn(C2OC(COP(=O)(O)OP(=O)(O)OP(=O)(O)O)C2OCN)c(=O)nc1N. The van der Waals surface area contributed by atoms with Crippen LogP contribution in [0.2, 0.25) is 0 Å². The molecular weight excluding hydrogens is 1440 g/mol. The van der Waals surface area contributed by atoms with Gasteiger partial charge in [0.25, 0.3) is 26.1 Å². The molecule has 2 aliphatic heterocycles. The second kappa shape index (κ2) is 34.9. The number of hydrogen-bond acceptors (Lipinski definition) is 30. The number of nitrogens with two attached hydrogens (primary N) is 3. The van der Waals surface area contributed by atoms with Gasteiger partial charge in [-0.1, -0.05) is 33.4 Å². The van der Waals surface area contributed by atoms with Crippen LogP contribution in [0.25, 0.3) is 33.4 Å². The molecule has 0 saturated carbocycles. The number of hydrogen-bond donors (Lipinski definition) is 14. The number of aromatic nitrogens is 2. The van der Waals surface area contributed by atoms with Crippen molar-refractivity contribution in [1.82, 2.24) is 25.5 Å². The summed E-state index contributed by atoms with van der Waals surface area (Å²) >= 11 is 0. The molecule has 3 aromatic rings. The van der Waals surface area contributed by atoms with Crippen molar-refractivity contribution in [3.05, 3.63) is 81.2 Å². The summed E-state index contributed by atoms with van der Waals surface area (Å²) in [6, 6.07) is 7.81. The molecule has 1 aromatic heterocycles. The second-order valence-corrected chi connectivity index (χ2v) is 30.5. The zero-order chi connectivity index (χ0) is 71.7. The summed E-state index contributed by atoms with van der Waals surface area (Å²) in [5.74, 6) is 2.30. The number of phosphoric ester groups is 1. The van der Waals surface area contributed by atoms with Crippen molar-refractivity contribution in [2.75, 3.05) is 96.6 Å². The van der Waals surface area contributed by atoms with Crippen LogP contribution < -0.4 is 44.2 Å². The van der Waals surface area contributed by atoms with Gasteiger partial charge in [-0.25, -0.2) is 32.9 Å². The number of unbranched alkanes of at least 4 members (excludes halogenated alkanes) is 1. The first-order valence-electron chi connectivity index (χ1n) is 27.9. The summed E-state index contributed by atoms with van der Waals surface area (Å²) in [5.41, 5.74) is 13.7. The van der Waals surface area contributed by atoms with E-state index in [2.05, 4.69) is 45.9 Å². The van der Waals surface area contributed by atoms with Crippen LogP contribution in [0.15, 0.2) is 67.7 Å². The second-order valence-electron chi connectivity index (χ2n) is 20.4. The van der Waals surface area contributed by atoms with E-state index in [4.69, 9.17) is 70.0 Å². The number of carbonyl (C=O) groups excluding carboxylic acids is 3. The molecule has 3 heterocycles. The first-order valence-corrected chi connectivity index (χ1v) is 37.6. The van der Waals surface area contributed by atoms with E-state index in [1.165, 1.54) is 33.7 Å². The van der Waals surface area contributed by atoms with E-state index in [0.717, 1.165) is 41.1 Å². The molecule has 39 nitrogen and oxygen atoms in total. The number of carboxylic acids is 1. The van der Waals surface area contributed by atoms with Crippen molar-refractivity contribution in [2.45, 2.75) is 66.1 Å². The number of rotatable bonds is 37. The molecule has 0 bridgehead atoms. The minimum atomic E-state index is -5.79. The van der Waals surface area contributed by atoms with Crippen LogP contribution >= 0.6 is 45.1 Å². The molecule has 2 aromatic carbocycles. The van der Waals surface area contributed by atoms with Crippen molar-refractivity contribution in [3.8, 4) is 34.3 Å². The topological polar surface area (TPSA) is 608 Å². The molecule has 5 atom stereocenters. The molecule has 0 radical (unpaired) electrons. The number of nitrogens with one attached hydrogen (secondary N) is 4. The summed E-state index contributed by atoms with van der Waals surface area (Å²) < 4.78 is 161. The predicted molar refractivity (Wildman–Crippen MR) is 339 cm³/mol. The Kier molecular flexibility index (Phi) is 28.5. The Hall–Kier alpha value is -6.66. The molecule has 1 fully saturated rings. The van der Waals surface area contributed by atoms with Gasteiger partial charge in [-0.2, -0.15) is 30.4 Å². The first kappa shape index (κ1) is 79.3. The maximum Gasteiger partial charge on any atom is 0.490 e. The summed E-state index contributed by atoms with van der Waals surface area (Å²) in [6.45, 7) is 3.34. The third-order valence-corrected chi connectivity index (χ3v) is 21.5. The van der Waals surface area contributed by atoms with Gasteiger partial charge in [-0.3, -0.25) is 28.4 Å². The molecular formula is C51H66N9O30P3S4. The van der Waals surface area contributed by atoms with E-state index in [0.29, 0.717) is 31.8 Å². The lowest BCUT2D eigenvalue weighted by atomic mass is 9.89. The van der Waals surface area contributed by atoms with Gasteiger partial charge in [0.1, 0.15) is 24.0 Å². The van der Waals surface area contributed by atoms with Gasteiger partial charge < -0.3 is 95.4 Å². The van der Waals surface area contributed by atoms with Crippen LogP contribution in [-0.4, -0.2) is 186 Å². The quantitative estimate of drug-likeness (QED) is 0.00397. The van der Waals surface area contributed by atoms with Gasteiger partial charge in [0.2, 0.25) is 0 Å². The van der Waals surface area contributed by atoms with Gasteiger partial charge in [0.15, 0.2) is 27.4 Å². The number of nitrogen functional groups attached to an aromatic ring is 2. The first-order chi connectivity index (χ1) is 45.4. The van der Waals surface area contributed by atoms with E-state index in [-0.39, 0.29) is 103 Å². The number of nitrogens with zero attached hydrogens (tertiary/aromatic N) is 2. The van der Waals surface area contributed by atoms with E-state index in [1.807, 2.05) is 13.8 Å². The molecule has 534 valence electrons. The highest BCUT2D eigenvalue weighted by Gasteiger charge is 2.48. The largest absolute Gasteiger partial charge is 0.490 e. The number of aromatic carboxylic acids is 1. The molecule has 17 N–H and O–H groups in total. The van der Waals surface area contributed by atoms with Gasteiger partial charge in [-0.15, -0.1) is 0 Å². The third kappa shape index (κ3) is 23.8. The lowest BCUT2D eigenvalue weighted by Gasteiger charge is -2.44. The lowest BCUT2D eigenvalue weighted by Crippen LogP contribution is -2.56.